The molecule has 8 heteroatoms. The highest BCUT2D eigenvalue weighted by molar-refractivity contribution is 6.31. The molecule has 0 saturated heterocycles. The van der Waals surface area contributed by atoms with Gasteiger partial charge in [-0.2, -0.15) is 0 Å². The highest BCUT2D eigenvalue weighted by Gasteiger charge is 2.16. The Morgan fingerprint density at radius 3 is 2.50 bits per heavy atom. The smallest absolute Gasteiger partial charge is 0.342 e. The summed E-state index contributed by atoms with van der Waals surface area (Å²) in [6, 6.07) is 10.4. The number of esters is 1. The first-order chi connectivity index (χ1) is 13.3. The predicted molar refractivity (Wildman–Crippen MR) is 106 cm³/mol. The van der Waals surface area contributed by atoms with Gasteiger partial charge >= 0.3 is 5.97 Å². The molecule has 2 aromatic carbocycles. The van der Waals surface area contributed by atoms with Crippen LogP contribution in [0.25, 0.3) is 0 Å². The van der Waals surface area contributed by atoms with Gasteiger partial charge in [0.2, 0.25) is 0 Å². The molecule has 0 spiro atoms. The minimum Gasteiger partial charge on any atom is -0.507 e. The summed E-state index contributed by atoms with van der Waals surface area (Å²) in [6.45, 7) is 4.38. The number of amides is 2. The van der Waals surface area contributed by atoms with Gasteiger partial charge in [-0.15, -0.1) is 0 Å². The fraction of sp³-hybridized carbons (Fsp3) is 0.250. The Bertz CT molecular complexity index is 881. The number of carbonyl (C=O) groups excluding carboxylic acids is 3. The van der Waals surface area contributed by atoms with E-state index >= 15 is 0 Å². The normalized spacial score (nSPS) is 10.2. The van der Waals surface area contributed by atoms with Crippen LogP contribution in [-0.2, 0) is 9.53 Å². The molecule has 0 aromatic heterocycles. The van der Waals surface area contributed by atoms with Crippen LogP contribution in [0, 0.1) is 0 Å². The average molecular weight is 405 g/mol. The zero-order valence-electron chi connectivity index (χ0n) is 15.6. The summed E-state index contributed by atoms with van der Waals surface area (Å²) in [4.78, 5) is 38.1. The van der Waals surface area contributed by atoms with Crippen molar-refractivity contribution in [3.05, 3.63) is 58.6 Å². The second-order valence-corrected chi connectivity index (χ2v) is 6.28. The van der Waals surface area contributed by atoms with Crippen molar-refractivity contribution < 1.29 is 24.2 Å². The van der Waals surface area contributed by atoms with Crippen molar-refractivity contribution in [3.8, 4) is 5.75 Å². The van der Waals surface area contributed by atoms with Gasteiger partial charge in [0.1, 0.15) is 11.3 Å². The number of aromatic hydroxyl groups is 1. The van der Waals surface area contributed by atoms with Crippen molar-refractivity contribution >= 4 is 35.1 Å². The molecular formula is C20H21ClN2O5. The summed E-state index contributed by atoms with van der Waals surface area (Å²) in [5.74, 6) is -1.88. The third-order valence-electron chi connectivity index (χ3n) is 3.96. The molecule has 0 radical (unpaired) electrons. The summed E-state index contributed by atoms with van der Waals surface area (Å²) in [6.07, 6.45) is 0. The Balaban J connectivity index is 1.98. The van der Waals surface area contributed by atoms with Gasteiger partial charge in [-0.1, -0.05) is 17.7 Å². The number of hydrogen-bond acceptors (Lipinski definition) is 5. The summed E-state index contributed by atoms with van der Waals surface area (Å²) < 4.78 is 4.90. The van der Waals surface area contributed by atoms with E-state index in [2.05, 4.69) is 5.32 Å². The van der Waals surface area contributed by atoms with Gasteiger partial charge in [-0.25, -0.2) is 4.79 Å². The van der Waals surface area contributed by atoms with Gasteiger partial charge in [0.25, 0.3) is 11.8 Å². The average Bonchev–Trinajstić information content (AvgIpc) is 2.69. The van der Waals surface area contributed by atoms with Gasteiger partial charge in [-0.05, 0) is 50.2 Å². The third-order valence-corrected chi connectivity index (χ3v) is 4.19. The maximum Gasteiger partial charge on any atom is 0.342 e. The molecule has 0 saturated carbocycles. The Morgan fingerprint density at radius 2 is 1.82 bits per heavy atom. The number of ether oxygens (including phenoxy) is 1. The van der Waals surface area contributed by atoms with Gasteiger partial charge in [0, 0.05) is 29.4 Å². The summed E-state index contributed by atoms with van der Waals surface area (Å²) >= 11 is 5.79. The molecular weight excluding hydrogens is 384 g/mol. The monoisotopic (exact) mass is 404 g/mol. The number of hydrogen-bond donors (Lipinski definition) is 2. The third kappa shape index (κ3) is 5.47. The second-order valence-electron chi connectivity index (χ2n) is 5.84. The van der Waals surface area contributed by atoms with Crippen LogP contribution in [0.1, 0.15) is 34.6 Å². The maximum absolute atomic E-state index is 12.4. The van der Waals surface area contributed by atoms with E-state index in [-0.39, 0.29) is 22.2 Å². The minimum absolute atomic E-state index is 0.132. The Morgan fingerprint density at radius 1 is 1.11 bits per heavy atom. The van der Waals surface area contributed by atoms with E-state index in [1.165, 1.54) is 18.2 Å². The first kappa shape index (κ1) is 21.2. The zero-order valence-corrected chi connectivity index (χ0v) is 16.3. The molecule has 0 atom stereocenters. The fourth-order valence-corrected chi connectivity index (χ4v) is 2.67. The Labute approximate surface area is 167 Å². The highest BCUT2D eigenvalue weighted by Crippen LogP contribution is 2.22. The molecule has 2 amide bonds. The number of anilines is 1. The van der Waals surface area contributed by atoms with Crippen LogP contribution in [0.5, 0.6) is 5.75 Å². The Kier molecular flexibility index (Phi) is 7.40. The van der Waals surface area contributed by atoms with Crippen molar-refractivity contribution in [1.82, 2.24) is 4.90 Å². The van der Waals surface area contributed by atoms with Crippen LogP contribution in [0.2, 0.25) is 5.02 Å². The Hall–Kier alpha value is -3.06. The molecule has 28 heavy (non-hydrogen) atoms. The van der Waals surface area contributed by atoms with E-state index in [0.717, 1.165) is 0 Å². The highest BCUT2D eigenvalue weighted by atomic mass is 35.5. The number of nitrogens with zero attached hydrogens (tertiary/aromatic N) is 1. The topological polar surface area (TPSA) is 95.9 Å². The lowest BCUT2D eigenvalue weighted by Gasteiger charge is -2.19. The lowest BCUT2D eigenvalue weighted by molar-refractivity contribution is -0.119. The molecule has 0 aliphatic heterocycles. The van der Waals surface area contributed by atoms with Crippen LogP contribution < -0.4 is 5.32 Å². The van der Waals surface area contributed by atoms with E-state index in [1.54, 1.807) is 29.2 Å². The molecule has 2 N–H and O–H groups in total. The number of phenols is 1. The minimum atomic E-state index is -0.874. The van der Waals surface area contributed by atoms with Crippen molar-refractivity contribution in [2.45, 2.75) is 13.8 Å². The number of halogens is 1. The standard InChI is InChI=1S/C20H21ClN2O5/c1-3-23(4-2)19(26)13-6-5-7-15(10-13)22-18(25)12-28-20(27)16-11-14(21)8-9-17(16)24/h5-11,24H,3-4,12H2,1-2H3,(H,22,25). The molecule has 7 nitrogen and oxygen atoms in total. The van der Waals surface area contributed by atoms with Crippen LogP contribution >= 0.6 is 11.6 Å². The first-order valence-electron chi connectivity index (χ1n) is 8.70. The van der Waals surface area contributed by atoms with Crippen molar-refractivity contribution in [3.63, 3.8) is 0 Å². The summed E-state index contributed by atoms with van der Waals surface area (Å²) in [7, 11) is 0. The van der Waals surface area contributed by atoms with Crippen LogP contribution in [0.4, 0.5) is 5.69 Å². The van der Waals surface area contributed by atoms with Crippen molar-refractivity contribution in [1.29, 1.82) is 0 Å². The molecule has 0 aliphatic rings. The number of rotatable bonds is 7. The van der Waals surface area contributed by atoms with Crippen molar-refractivity contribution in [2.75, 3.05) is 25.0 Å². The molecule has 148 valence electrons. The van der Waals surface area contributed by atoms with Crippen molar-refractivity contribution in [2.24, 2.45) is 0 Å². The zero-order chi connectivity index (χ0) is 20.7. The van der Waals surface area contributed by atoms with Crippen LogP contribution in [0.3, 0.4) is 0 Å². The SMILES string of the molecule is CCN(CC)C(=O)c1cccc(NC(=O)COC(=O)c2cc(Cl)ccc2O)c1. The molecule has 0 heterocycles. The van der Waals surface area contributed by atoms with E-state index < -0.39 is 18.5 Å². The van der Waals surface area contributed by atoms with E-state index in [1.807, 2.05) is 13.8 Å². The number of benzene rings is 2. The largest absolute Gasteiger partial charge is 0.507 e. The molecule has 0 bridgehead atoms. The van der Waals surface area contributed by atoms with Crippen LogP contribution in [0.15, 0.2) is 42.5 Å². The van der Waals surface area contributed by atoms with Gasteiger partial charge in [0.15, 0.2) is 6.61 Å². The number of phenolic OH excluding ortho intramolecular Hbond substituents is 1. The van der Waals surface area contributed by atoms with E-state index in [0.29, 0.717) is 24.3 Å². The quantitative estimate of drug-likeness (QED) is 0.690. The predicted octanol–water partition coefficient (Wildman–Crippen LogP) is 3.32. The maximum atomic E-state index is 12.4. The first-order valence-corrected chi connectivity index (χ1v) is 9.08. The summed E-state index contributed by atoms with van der Waals surface area (Å²) in [5.41, 5.74) is 0.721. The van der Waals surface area contributed by atoms with E-state index in [9.17, 15) is 19.5 Å². The lowest BCUT2D eigenvalue weighted by Crippen LogP contribution is -2.30. The molecule has 0 unspecified atom stereocenters. The fourth-order valence-electron chi connectivity index (χ4n) is 2.50. The van der Waals surface area contributed by atoms with Gasteiger partial charge in [-0.3, -0.25) is 9.59 Å². The molecule has 0 aliphatic carbocycles. The van der Waals surface area contributed by atoms with Gasteiger partial charge in [0.05, 0.1) is 0 Å². The summed E-state index contributed by atoms with van der Waals surface area (Å²) in [5, 5.41) is 12.5. The molecule has 0 fully saturated rings. The number of carbonyl (C=O) groups is 3. The van der Waals surface area contributed by atoms with Gasteiger partial charge < -0.3 is 20.1 Å². The lowest BCUT2D eigenvalue weighted by atomic mass is 10.1. The second kappa shape index (κ2) is 9.75. The number of nitrogens with one attached hydrogen (secondary N) is 1. The molecule has 2 rings (SSSR count). The molecule has 2 aromatic rings. The van der Waals surface area contributed by atoms with E-state index in [4.69, 9.17) is 16.3 Å². The van der Waals surface area contributed by atoms with Crippen LogP contribution in [-0.4, -0.2) is 47.5 Å².